The van der Waals surface area contributed by atoms with E-state index in [9.17, 15) is 21.6 Å². The van der Waals surface area contributed by atoms with E-state index in [0.717, 1.165) is 13.1 Å². The second-order valence-corrected chi connectivity index (χ2v) is 10.3. The molecule has 0 atom stereocenters. The number of nitrogens with zero attached hydrogens (tertiary/aromatic N) is 2. The molecule has 29 heavy (non-hydrogen) atoms. The van der Waals surface area contributed by atoms with Crippen LogP contribution < -0.4 is 13.8 Å². The Kier molecular flexibility index (Phi) is 6.79. The van der Waals surface area contributed by atoms with Crippen LogP contribution in [0.5, 0.6) is 5.75 Å². The Morgan fingerprint density at radius 3 is 2.59 bits per heavy atom. The maximum Gasteiger partial charge on any atom is 0.244 e. The van der Waals surface area contributed by atoms with Gasteiger partial charge in [0.25, 0.3) is 0 Å². The molecule has 2 aliphatic heterocycles. The van der Waals surface area contributed by atoms with Crippen molar-refractivity contribution in [1.82, 2.24) is 9.62 Å². The van der Waals surface area contributed by atoms with Gasteiger partial charge in [0.15, 0.2) is 0 Å². The van der Waals surface area contributed by atoms with Crippen LogP contribution >= 0.6 is 0 Å². The van der Waals surface area contributed by atoms with Crippen LogP contribution in [0.2, 0.25) is 0 Å². The third-order valence-corrected chi connectivity index (χ3v) is 7.83. The Hall–Kier alpha value is -1.73. The number of hydrogen-bond donors (Lipinski definition) is 1. The first kappa shape index (κ1) is 22.0. The number of hydrogen-bond acceptors (Lipinski definition) is 8. The number of amides is 1. The zero-order valence-corrected chi connectivity index (χ0v) is 17.8. The van der Waals surface area contributed by atoms with Gasteiger partial charge in [0.2, 0.25) is 26.0 Å². The summed E-state index contributed by atoms with van der Waals surface area (Å²) in [7, 11) is -7.79. The van der Waals surface area contributed by atoms with Crippen LogP contribution in [0.15, 0.2) is 23.1 Å². The van der Waals surface area contributed by atoms with Crippen molar-refractivity contribution < 1.29 is 31.1 Å². The Morgan fingerprint density at radius 1 is 1.24 bits per heavy atom. The Bertz CT molecular complexity index is 957. The van der Waals surface area contributed by atoms with Crippen LogP contribution in [0, 0.1) is 0 Å². The summed E-state index contributed by atoms with van der Waals surface area (Å²) >= 11 is 0. The largest absolute Gasteiger partial charge is 0.492 e. The lowest BCUT2D eigenvalue weighted by atomic mass is 10.3. The summed E-state index contributed by atoms with van der Waals surface area (Å²) in [6.45, 7) is 5.33. The third-order valence-electron chi connectivity index (χ3n) is 4.65. The average molecular weight is 448 g/mol. The minimum absolute atomic E-state index is 0.00972. The highest BCUT2D eigenvalue weighted by Gasteiger charge is 2.37. The predicted molar refractivity (Wildman–Crippen MR) is 106 cm³/mol. The standard InChI is InChI=1S/C17H25N3O7S2/c1-2-27-15-4-3-14(20-17(21)5-12-28(20,22)23)13-16(15)29(24,25)18-6-7-19-8-10-26-11-9-19/h3-4,13,18H,2,5-12H2,1H3. The van der Waals surface area contributed by atoms with E-state index in [1.165, 1.54) is 18.2 Å². The molecule has 3 rings (SSSR count). The van der Waals surface area contributed by atoms with Gasteiger partial charge in [-0.25, -0.2) is 25.9 Å². The SMILES string of the molecule is CCOc1ccc(N2C(=O)CCS2(=O)=O)cc1S(=O)(=O)NCCN1CCOCC1. The van der Waals surface area contributed by atoms with Gasteiger partial charge in [0, 0.05) is 32.6 Å². The van der Waals surface area contributed by atoms with E-state index in [0.29, 0.717) is 24.1 Å². The predicted octanol–water partition coefficient (Wildman–Crippen LogP) is -0.238. The molecule has 2 aliphatic rings. The molecule has 2 fully saturated rings. The normalized spacial score (nSPS) is 20.2. The van der Waals surface area contributed by atoms with Gasteiger partial charge in [-0.1, -0.05) is 0 Å². The molecule has 2 heterocycles. The lowest BCUT2D eigenvalue weighted by Gasteiger charge is -2.26. The maximum absolute atomic E-state index is 12.9. The Balaban J connectivity index is 1.84. The minimum Gasteiger partial charge on any atom is -0.492 e. The van der Waals surface area contributed by atoms with E-state index in [1.807, 2.05) is 0 Å². The first-order valence-corrected chi connectivity index (χ1v) is 12.5. The van der Waals surface area contributed by atoms with Gasteiger partial charge in [0.1, 0.15) is 10.6 Å². The molecule has 0 bridgehead atoms. The van der Waals surface area contributed by atoms with Crippen LogP contribution in [0.25, 0.3) is 0 Å². The lowest BCUT2D eigenvalue weighted by molar-refractivity contribution is -0.116. The van der Waals surface area contributed by atoms with Crippen molar-refractivity contribution in [3.05, 3.63) is 18.2 Å². The van der Waals surface area contributed by atoms with Gasteiger partial charge < -0.3 is 9.47 Å². The van der Waals surface area contributed by atoms with Gasteiger partial charge in [0.05, 0.1) is 31.3 Å². The summed E-state index contributed by atoms with van der Waals surface area (Å²) in [5.74, 6) is -0.782. The summed E-state index contributed by atoms with van der Waals surface area (Å²) in [6.07, 6.45) is -0.130. The van der Waals surface area contributed by atoms with E-state index in [1.54, 1.807) is 6.92 Å². The first-order chi connectivity index (χ1) is 13.7. The minimum atomic E-state index is -3.99. The molecule has 0 unspecified atom stereocenters. The van der Waals surface area contributed by atoms with Crippen molar-refractivity contribution in [3.63, 3.8) is 0 Å². The van der Waals surface area contributed by atoms with Crippen LogP contribution in [0.3, 0.4) is 0 Å². The Labute approximate surface area is 170 Å². The molecule has 0 aliphatic carbocycles. The summed E-state index contributed by atoms with van der Waals surface area (Å²) in [4.78, 5) is 13.9. The van der Waals surface area contributed by atoms with Gasteiger partial charge in [-0.05, 0) is 25.1 Å². The first-order valence-electron chi connectivity index (χ1n) is 9.37. The van der Waals surface area contributed by atoms with E-state index >= 15 is 0 Å². The highest BCUT2D eigenvalue weighted by atomic mass is 32.2. The molecule has 0 radical (unpaired) electrons. The summed E-state index contributed by atoms with van der Waals surface area (Å²) < 4.78 is 64.0. The number of morpholine rings is 1. The van der Waals surface area contributed by atoms with E-state index in [-0.39, 0.29) is 41.7 Å². The van der Waals surface area contributed by atoms with Gasteiger partial charge in [-0.15, -0.1) is 0 Å². The molecular formula is C17H25N3O7S2. The van der Waals surface area contributed by atoms with Crippen molar-refractivity contribution in [2.75, 3.05) is 56.1 Å². The molecule has 10 nitrogen and oxygen atoms in total. The van der Waals surface area contributed by atoms with Crippen molar-refractivity contribution in [2.45, 2.75) is 18.2 Å². The van der Waals surface area contributed by atoms with Crippen LogP contribution in [-0.4, -0.2) is 79.4 Å². The molecule has 0 saturated carbocycles. The number of ether oxygens (including phenoxy) is 2. The molecule has 1 amide bonds. The fourth-order valence-corrected chi connectivity index (χ4v) is 5.85. The van der Waals surface area contributed by atoms with Gasteiger partial charge in [-0.2, -0.15) is 0 Å². The summed E-state index contributed by atoms with van der Waals surface area (Å²) in [5, 5.41) is 0. The summed E-state index contributed by atoms with van der Waals surface area (Å²) in [6, 6.07) is 3.91. The molecule has 12 heteroatoms. The number of rotatable bonds is 8. The van der Waals surface area contributed by atoms with Crippen molar-refractivity contribution in [2.24, 2.45) is 0 Å². The zero-order chi connectivity index (χ0) is 21.1. The lowest BCUT2D eigenvalue weighted by Crippen LogP contribution is -2.41. The second kappa shape index (κ2) is 8.96. The third kappa shape index (κ3) is 5.07. The average Bonchev–Trinajstić information content (AvgIpc) is 2.96. The smallest absolute Gasteiger partial charge is 0.244 e. The number of nitrogens with one attached hydrogen (secondary N) is 1. The van der Waals surface area contributed by atoms with Crippen LogP contribution in [0.1, 0.15) is 13.3 Å². The summed E-state index contributed by atoms with van der Waals surface area (Å²) in [5.41, 5.74) is -0.00972. The number of carbonyl (C=O) groups excluding carboxylic acids is 1. The number of sulfonamides is 2. The van der Waals surface area contributed by atoms with Crippen molar-refractivity contribution >= 4 is 31.6 Å². The molecule has 1 aromatic carbocycles. The van der Waals surface area contributed by atoms with Gasteiger partial charge >= 0.3 is 0 Å². The Morgan fingerprint density at radius 2 is 1.97 bits per heavy atom. The number of benzene rings is 1. The fraction of sp³-hybridized carbons (Fsp3) is 0.588. The zero-order valence-electron chi connectivity index (χ0n) is 16.2. The van der Waals surface area contributed by atoms with E-state index in [4.69, 9.17) is 9.47 Å². The van der Waals surface area contributed by atoms with Crippen molar-refractivity contribution in [1.29, 1.82) is 0 Å². The highest BCUT2D eigenvalue weighted by molar-refractivity contribution is 7.94. The van der Waals surface area contributed by atoms with E-state index < -0.39 is 26.0 Å². The van der Waals surface area contributed by atoms with Gasteiger partial charge in [-0.3, -0.25) is 9.69 Å². The molecule has 0 spiro atoms. The second-order valence-electron chi connectivity index (χ2n) is 6.64. The topological polar surface area (TPSA) is 122 Å². The van der Waals surface area contributed by atoms with E-state index in [2.05, 4.69) is 9.62 Å². The number of anilines is 1. The quantitative estimate of drug-likeness (QED) is 0.580. The fourth-order valence-electron chi connectivity index (χ4n) is 3.22. The molecule has 162 valence electrons. The maximum atomic E-state index is 12.9. The molecule has 1 aromatic rings. The van der Waals surface area contributed by atoms with Crippen LogP contribution in [0.4, 0.5) is 5.69 Å². The molecule has 0 aromatic heterocycles. The highest BCUT2D eigenvalue weighted by Crippen LogP contribution is 2.32. The monoisotopic (exact) mass is 447 g/mol. The number of carbonyl (C=O) groups is 1. The van der Waals surface area contributed by atoms with Crippen molar-refractivity contribution in [3.8, 4) is 5.75 Å². The molecular weight excluding hydrogens is 422 g/mol. The van der Waals surface area contributed by atoms with Crippen LogP contribution in [-0.2, 0) is 29.6 Å². The molecule has 2 saturated heterocycles. The molecule has 1 N–H and O–H groups in total.